The van der Waals surface area contributed by atoms with Crippen molar-refractivity contribution in [3.05, 3.63) is 218 Å². The summed E-state index contributed by atoms with van der Waals surface area (Å²) in [6.07, 6.45) is 0. The van der Waals surface area contributed by atoms with Crippen molar-refractivity contribution in [2.24, 2.45) is 0 Å². The maximum absolute atomic E-state index is 5.37. The number of nitrogens with zero attached hydrogens (tertiary/aromatic N) is 6. The zero-order valence-electron chi connectivity index (χ0n) is 34.0. The van der Waals surface area contributed by atoms with Gasteiger partial charge < -0.3 is 9.13 Å². The molecule has 13 rings (SSSR count). The van der Waals surface area contributed by atoms with E-state index >= 15 is 0 Å². The molecule has 0 saturated carbocycles. The normalized spacial score (nSPS) is 11.8. The van der Waals surface area contributed by atoms with Crippen LogP contribution in [0, 0.1) is 0 Å². The molecule has 0 N–H and O–H groups in total. The molecule has 6 nitrogen and oxygen atoms in total. The molecule has 0 atom stereocenters. The molecule has 63 heavy (non-hydrogen) atoms. The fourth-order valence-corrected chi connectivity index (χ4v) is 9.68. The topological polar surface area (TPSA) is 53.5 Å². The summed E-state index contributed by atoms with van der Waals surface area (Å²) < 4.78 is 7.07. The lowest BCUT2D eigenvalue weighted by molar-refractivity contribution is 0.953. The molecule has 0 aliphatic carbocycles. The standard InChI is InChI=1S/C57H36N6/c1-4-16-37(17-5-1)38-28-30-40(31-29-38)56-58-55(39-18-6-2-7-19-39)59-57(60-56)63-51-27-15-12-24-45(51)46-33-34-47-48-36-42(61-49-25-13-10-22-43(49)44-23-11-14-26-50(44)61)32-35-52(48)62(53(47)54(46)63)41-20-8-3-9-21-41/h1-36H. The van der Waals surface area contributed by atoms with Crippen molar-refractivity contribution < 1.29 is 0 Å². The number of hydrogen-bond acceptors (Lipinski definition) is 3. The summed E-state index contributed by atoms with van der Waals surface area (Å²) in [7, 11) is 0. The molecule has 0 radical (unpaired) electrons. The van der Waals surface area contributed by atoms with E-state index < -0.39 is 0 Å². The second-order valence-electron chi connectivity index (χ2n) is 16.0. The first kappa shape index (κ1) is 35.2. The predicted molar refractivity (Wildman–Crippen MR) is 259 cm³/mol. The molecule has 13 aromatic rings. The van der Waals surface area contributed by atoms with E-state index in [-0.39, 0.29) is 0 Å². The molecule has 6 heteroatoms. The van der Waals surface area contributed by atoms with Gasteiger partial charge in [0.05, 0.1) is 33.1 Å². The molecule has 0 unspecified atom stereocenters. The molecule has 0 bridgehead atoms. The molecule has 0 amide bonds. The van der Waals surface area contributed by atoms with Crippen LogP contribution in [0.1, 0.15) is 0 Å². The molecule has 4 aromatic heterocycles. The molecule has 294 valence electrons. The van der Waals surface area contributed by atoms with Gasteiger partial charge in [0.2, 0.25) is 5.95 Å². The Morgan fingerprint density at radius 1 is 0.254 bits per heavy atom. The Morgan fingerprint density at radius 3 is 1.30 bits per heavy atom. The van der Waals surface area contributed by atoms with Gasteiger partial charge in [-0.1, -0.05) is 170 Å². The summed E-state index contributed by atoms with van der Waals surface area (Å²) in [5, 5.41) is 7.03. The van der Waals surface area contributed by atoms with Gasteiger partial charge in [0.1, 0.15) is 0 Å². The maximum Gasteiger partial charge on any atom is 0.238 e. The number of fused-ring (bicyclic) bond motifs is 10. The van der Waals surface area contributed by atoms with Gasteiger partial charge in [-0.05, 0) is 59.7 Å². The lowest BCUT2D eigenvalue weighted by atomic mass is 10.0. The van der Waals surface area contributed by atoms with Crippen molar-refractivity contribution in [3.63, 3.8) is 0 Å². The van der Waals surface area contributed by atoms with Gasteiger partial charge in [-0.3, -0.25) is 4.57 Å². The predicted octanol–water partition coefficient (Wildman–Crippen LogP) is 14.2. The number of aromatic nitrogens is 6. The van der Waals surface area contributed by atoms with Crippen LogP contribution in [0.15, 0.2) is 218 Å². The van der Waals surface area contributed by atoms with Crippen LogP contribution in [0.3, 0.4) is 0 Å². The molecular weight excluding hydrogens is 769 g/mol. The zero-order valence-corrected chi connectivity index (χ0v) is 34.0. The van der Waals surface area contributed by atoms with Crippen LogP contribution < -0.4 is 0 Å². The molecule has 0 aliphatic rings. The van der Waals surface area contributed by atoms with Gasteiger partial charge in [0.15, 0.2) is 11.6 Å². The van der Waals surface area contributed by atoms with E-state index in [4.69, 9.17) is 15.0 Å². The average Bonchev–Trinajstić information content (AvgIpc) is 4.00. The van der Waals surface area contributed by atoms with Gasteiger partial charge in [-0.15, -0.1) is 0 Å². The van der Waals surface area contributed by atoms with Gasteiger partial charge in [-0.25, -0.2) is 4.98 Å². The lowest BCUT2D eigenvalue weighted by Crippen LogP contribution is -2.07. The number of hydrogen-bond donors (Lipinski definition) is 0. The van der Waals surface area contributed by atoms with E-state index in [2.05, 4.69) is 208 Å². The second-order valence-corrected chi connectivity index (χ2v) is 16.0. The van der Waals surface area contributed by atoms with Gasteiger partial charge in [0.25, 0.3) is 0 Å². The van der Waals surface area contributed by atoms with E-state index in [0.717, 1.165) is 77.2 Å². The number of benzene rings is 9. The lowest BCUT2D eigenvalue weighted by Gasteiger charge is -2.13. The summed E-state index contributed by atoms with van der Waals surface area (Å²) in [5.41, 5.74) is 12.9. The minimum absolute atomic E-state index is 0.556. The van der Waals surface area contributed by atoms with Crippen molar-refractivity contribution in [3.8, 4) is 51.2 Å². The molecule has 0 spiro atoms. The first-order chi connectivity index (χ1) is 31.3. The van der Waals surface area contributed by atoms with Crippen LogP contribution in [-0.4, -0.2) is 28.7 Å². The molecule has 0 aliphatic heterocycles. The van der Waals surface area contributed by atoms with Crippen molar-refractivity contribution >= 4 is 65.4 Å². The second kappa shape index (κ2) is 14.0. The first-order valence-electron chi connectivity index (χ1n) is 21.3. The van der Waals surface area contributed by atoms with E-state index in [1.807, 2.05) is 24.3 Å². The summed E-state index contributed by atoms with van der Waals surface area (Å²) >= 11 is 0. The monoisotopic (exact) mass is 804 g/mol. The number of para-hydroxylation sites is 4. The highest BCUT2D eigenvalue weighted by Gasteiger charge is 2.24. The summed E-state index contributed by atoms with van der Waals surface area (Å²) in [4.78, 5) is 15.8. The van der Waals surface area contributed by atoms with Crippen molar-refractivity contribution in [2.75, 3.05) is 0 Å². The van der Waals surface area contributed by atoms with Gasteiger partial charge in [-0.2, -0.15) is 9.97 Å². The van der Waals surface area contributed by atoms with Crippen molar-refractivity contribution in [1.29, 1.82) is 0 Å². The highest BCUT2D eigenvalue weighted by Crippen LogP contribution is 2.43. The zero-order chi connectivity index (χ0) is 41.4. The Balaban J connectivity index is 1.12. The Bertz CT molecular complexity index is 3830. The third kappa shape index (κ3) is 5.48. The summed E-state index contributed by atoms with van der Waals surface area (Å²) in [6.45, 7) is 0. The molecule has 9 aromatic carbocycles. The van der Waals surface area contributed by atoms with Crippen molar-refractivity contribution in [1.82, 2.24) is 28.7 Å². The van der Waals surface area contributed by atoms with E-state index in [1.54, 1.807) is 0 Å². The minimum Gasteiger partial charge on any atom is -0.309 e. The van der Waals surface area contributed by atoms with E-state index in [9.17, 15) is 0 Å². The quantitative estimate of drug-likeness (QED) is 0.168. The van der Waals surface area contributed by atoms with Crippen LogP contribution in [0.5, 0.6) is 0 Å². The van der Waals surface area contributed by atoms with E-state index in [0.29, 0.717) is 17.6 Å². The molecular formula is C57H36N6. The van der Waals surface area contributed by atoms with Crippen LogP contribution in [0.2, 0.25) is 0 Å². The Morgan fingerprint density at radius 2 is 0.683 bits per heavy atom. The van der Waals surface area contributed by atoms with Crippen LogP contribution in [0.25, 0.3) is 117 Å². The largest absolute Gasteiger partial charge is 0.309 e. The summed E-state index contributed by atoms with van der Waals surface area (Å²) in [5.74, 6) is 1.77. The molecule has 0 fully saturated rings. The SMILES string of the molecule is c1ccc(-c2ccc(-c3nc(-c4ccccc4)nc(-n4c5ccccc5c5ccc6c7cc(-n8c9ccccc9c9ccccc98)ccc7n(-c7ccccc7)c6c54)n3)cc2)cc1. The van der Waals surface area contributed by atoms with E-state index in [1.165, 1.54) is 21.8 Å². The smallest absolute Gasteiger partial charge is 0.238 e. The Labute approximate surface area is 362 Å². The molecule has 0 saturated heterocycles. The Kier molecular flexibility index (Phi) is 7.80. The van der Waals surface area contributed by atoms with Crippen LogP contribution >= 0.6 is 0 Å². The third-order valence-corrected chi connectivity index (χ3v) is 12.5. The minimum atomic E-state index is 0.556. The average molecular weight is 805 g/mol. The maximum atomic E-state index is 5.37. The van der Waals surface area contributed by atoms with Crippen LogP contribution in [-0.2, 0) is 0 Å². The highest BCUT2D eigenvalue weighted by atomic mass is 15.2. The van der Waals surface area contributed by atoms with Crippen LogP contribution in [0.4, 0.5) is 0 Å². The Hall–Kier alpha value is -8.61. The third-order valence-electron chi connectivity index (χ3n) is 12.5. The molecule has 4 heterocycles. The fourth-order valence-electron chi connectivity index (χ4n) is 9.68. The fraction of sp³-hybridized carbons (Fsp3) is 0. The van der Waals surface area contributed by atoms with Crippen molar-refractivity contribution in [2.45, 2.75) is 0 Å². The first-order valence-corrected chi connectivity index (χ1v) is 21.3. The summed E-state index contributed by atoms with van der Waals surface area (Å²) in [6, 6.07) is 77.3. The van der Waals surface area contributed by atoms with Gasteiger partial charge in [0, 0.05) is 54.8 Å². The number of rotatable bonds is 6. The highest BCUT2D eigenvalue weighted by molar-refractivity contribution is 6.24. The van der Waals surface area contributed by atoms with Gasteiger partial charge >= 0.3 is 0 Å².